The molecule has 0 spiro atoms. The summed E-state index contributed by atoms with van der Waals surface area (Å²) in [4.78, 5) is 14.7. The summed E-state index contributed by atoms with van der Waals surface area (Å²) in [5.41, 5.74) is 9.14. The number of hydrogen-bond acceptors (Lipinski definition) is 4. The minimum atomic E-state index is -0.713. The average Bonchev–Trinajstić information content (AvgIpc) is 3.42. The van der Waals surface area contributed by atoms with E-state index in [0.717, 1.165) is 15.7 Å². The molecule has 4 aromatic rings. The van der Waals surface area contributed by atoms with Crippen molar-refractivity contribution in [2.75, 3.05) is 12.3 Å². The Morgan fingerprint density at radius 3 is 2.47 bits per heavy atom. The summed E-state index contributed by atoms with van der Waals surface area (Å²) in [6.45, 7) is 2.01. The first-order valence-corrected chi connectivity index (χ1v) is 12.2. The van der Waals surface area contributed by atoms with Crippen molar-refractivity contribution in [3.05, 3.63) is 100 Å². The fourth-order valence-electron chi connectivity index (χ4n) is 4.24. The number of anilines is 1. The van der Waals surface area contributed by atoms with Crippen LogP contribution in [0, 0.1) is 11.6 Å². The highest BCUT2D eigenvalue weighted by Gasteiger charge is 2.40. The Bertz CT molecular complexity index is 1410. The molecule has 0 saturated carbocycles. The van der Waals surface area contributed by atoms with Gasteiger partial charge in [-0.25, -0.2) is 13.5 Å². The maximum atomic E-state index is 13.9. The quantitative estimate of drug-likeness (QED) is 0.313. The van der Waals surface area contributed by atoms with E-state index in [2.05, 4.69) is 15.9 Å². The molecule has 0 radical (unpaired) electrons. The number of amides is 1. The van der Waals surface area contributed by atoms with E-state index in [1.54, 1.807) is 34.7 Å². The van der Waals surface area contributed by atoms with Crippen molar-refractivity contribution in [1.82, 2.24) is 14.7 Å². The first-order chi connectivity index (χ1) is 17.3. The van der Waals surface area contributed by atoms with Crippen molar-refractivity contribution < 1.29 is 18.3 Å². The van der Waals surface area contributed by atoms with Crippen LogP contribution in [-0.2, 0) is 16.0 Å². The molecule has 1 aromatic heterocycles. The number of halogens is 3. The molecule has 0 aliphatic carbocycles. The summed E-state index contributed by atoms with van der Waals surface area (Å²) in [5, 5.41) is 4.78. The number of hydrogen-bond donors (Lipinski definition) is 1. The van der Waals surface area contributed by atoms with Gasteiger partial charge in [0.25, 0.3) is 5.91 Å². The third-order valence-electron chi connectivity index (χ3n) is 6.17. The van der Waals surface area contributed by atoms with Crippen molar-refractivity contribution in [3.63, 3.8) is 0 Å². The summed E-state index contributed by atoms with van der Waals surface area (Å²) >= 11 is 3.44. The Labute approximate surface area is 215 Å². The normalized spacial score (nSPS) is 17.7. The summed E-state index contributed by atoms with van der Waals surface area (Å²) in [6, 6.07) is 18.3. The first kappa shape index (κ1) is 24.1. The van der Waals surface area contributed by atoms with E-state index in [4.69, 9.17) is 15.6 Å². The van der Waals surface area contributed by atoms with E-state index in [-0.39, 0.29) is 17.4 Å². The second-order valence-corrected chi connectivity index (χ2v) is 9.54. The van der Waals surface area contributed by atoms with Crippen molar-refractivity contribution in [3.8, 4) is 16.9 Å². The second-order valence-electron chi connectivity index (χ2n) is 8.63. The van der Waals surface area contributed by atoms with Crippen LogP contribution in [0.25, 0.3) is 16.9 Å². The van der Waals surface area contributed by atoms with Crippen LogP contribution in [-0.4, -0.2) is 33.2 Å². The molecule has 1 saturated heterocycles. The van der Waals surface area contributed by atoms with Crippen LogP contribution in [0.2, 0.25) is 0 Å². The number of benzene rings is 3. The standard InChI is InChI=1S/C27H23BrF2N4O2/c1-16-26(35)33(13-12-17-2-11-24(31)23(30)14-17)27(36-16)22-15-34(21-9-5-19(28)6-10-21)32-25(22)18-3-7-20(29)8-4-18/h2-11,14-16,27H,12-13,31H2,1H3. The topological polar surface area (TPSA) is 73.4 Å². The Morgan fingerprint density at radius 2 is 1.78 bits per heavy atom. The molecule has 0 bridgehead atoms. The van der Waals surface area contributed by atoms with Crippen molar-refractivity contribution in [2.24, 2.45) is 0 Å². The molecule has 1 amide bonds. The van der Waals surface area contributed by atoms with E-state index >= 15 is 0 Å². The average molecular weight is 553 g/mol. The Morgan fingerprint density at radius 1 is 1.06 bits per heavy atom. The highest BCUT2D eigenvalue weighted by molar-refractivity contribution is 9.10. The second kappa shape index (κ2) is 9.83. The lowest BCUT2D eigenvalue weighted by molar-refractivity contribution is -0.130. The van der Waals surface area contributed by atoms with Gasteiger partial charge in [0, 0.05) is 28.3 Å². The van der Waals surface area contributed by atoms with Gasteiger partial charge in [-0.05, 0) is 79.6 Å². The molecule has 2 unspecified atom stereocenters. The van der Waals surface area contributed by atoms with Crippen LogP contribution < -0.4 is 5.73 Å². The lowest BCUT2D eigenvalue weighted by Crippen LogP contribution is -2.32. The largest absolute Gasteiger partial charge is 0.396 e. The van der Waals surface area contributed by atoms with Gasteiger partial charge in [0.2, 0.25) is 0 Å². The molecule has 2 heterocycles. The minimum absolute atomic E-state index is 0.0788. The molecule has 2 N–H and O–H groups in total. The van der Waals surface area contributed by atoms with Crippen molar-refractivity contribution in [1.29, 1.82) is 0 Å². The van der Waals surface area contributed by atoms with Crippen LogP contribution in [0.1, 0.15) is 24.3 Å². The Balaban J connectivity index is 1.53. The van der Waals surface area contributed by atoms with Gasteiger partial charge in [0.05, 0.1) is 11.4 Å². The number of rotatable bonds is 6. The molecule has 1 aliphatic rings. The predicted molar refractivity (Wildman–Crippen MR) is 136 cm³/mol. The number of nitrogens with zero attached hydrogens (tertiary/aromatic N) is 3. The zero-order valence-corrected chi connectivity index (χ0v) is 21.0. The maximum Gasteiger partial charge on any atom is 0.253 e. The minimum Gasteiger partial charge on any atom is -0.396 e. The molecule has 1 fully saturated rings. The smallest absolute Gasteiger partial charge is 0.253 e. The molecule has 5 rings (SSSR count). The van der Waals surface area contributed by atoms with Crippen LogP contribution in [0.4, 0.5) is 14.5 Å². The number of aromatic nitrogens is 2. The van der Waals surface area contributed by atoms with Gasteiger partial charge < -0.3 is 15.4 Å². The SMILES string of the molecule is CC1OC(c2cn(-c3ccc(Br)cc3)nc2-c2ccc(F)cc2)N(CCc2ccc(N)c(F)c2)C1=O. The predicted octanol–water partition coefficient (Wildman–Crippen LogP) is 5.65. The van der Waals surface area contributed by atoms with Gasteiger partial charge in [-0.2, -0.15) is 5.10 Å². The van der Waals surface area contributed by atoms with Crippen LogP contribution >= 0.6 is 15.9 Å². The summed E-state index contributed by atoms with van der Waals surface area (Å²) in [7, 11) is 0. The van der Waals surface area contributed by atoms with E-state index in [9.17, 15) is 13.6 Å². The van der Waals surface area contributed by atoms with Gasteiger partial charge in [-0.1, -0.05) is 22.0 Å². The zero-order chi connectivity index (χ0) is 25.4. The molecule has 184 valence electrons. The number of carbonyl (C=O) groups excluding carboxylic acids is 1. The highest BCUT2D eigenvalue weighted by Crippen LogP contribution is 2.37. The Kier molecular flexibility index (Phi) is 6.59. The van der Waals surface area contributed by atoms with Gasteiger partial charge in [0.15, 0.2) is 6.23 Å². The molecule has 2 atom stereocenters. The fraction of sp³-hybridized carbons (Fsp3) is 0.185. The number of nitrogens with two attached hydrogens (primary N) is 1. The zero-order valence-electron chi connectivity index (χ0n) is 19.4. The van der Waals surface area contributed by atoms with Crippen LogP contribution in [0.15, 0.2) is 77.4 Å². The monoisotopic (exact) mass is 552 g/mol. The molecule has 36 heavy (non-hydrogen) atoms. The summed E-state index contributed by atoms with van der Waals surface area (Å²) in [5.74, 6) is -1.01. The van der Waals surface area contributed by atoms with E-state index in [1.165, 1.54) is 24.3 Å². The lowest BCUT2D eigenvalue weighted by Gasteiger charge is -2.23. The van der Waals surface area contributed by atoms with Crippen LogP contribution in [0.3, 0.4) is 0 Å². The van der Waals surface area contributed by atoms with Gasteiger partial charge in [-0.15, -0.1) is 0 Å². The lowest BCUT2D eigenvalue weighted by atomic mass is 10.1. The highest BCUT2D eigenvalue weighted by atomic mass is 79.9. The fourth-order valence-corrected chi connectivity index (χ4v) is 4.51. The first-order valence-electron chi connectivity index (χ1n) is 11.4. The third kappa shape index (κ3) is 4.76. The number of ether oxygens (including phenoxy) is 1. The molecule has 3 aromatic carbocycles. The molecular weight excluding hydrogens is 530 g/mol. The summed E-state index contributed by atoms with van der Waals surface area (Å²) < 4.78 is 36.3. The third-order valence-corrected chi connectivity index (χ3v) is 6.70. The van der Waals surface area contributed by atoms with Gasteiger partial charge in [-0.3, -0.25) is 4.79 Å². The summed E-state index contributed by atoms with van der Waals surface area (Å²) in [6.07, 6.45) is 0.876. The Hall–Kier alpha value is -3.56. The molecular formula is C27H23BrF2N4O2. The molecule has 9 heteroatoms. The van der Waals surface area contributed by atoms with E-state index in [1.807, 2.05) is 30.5 Å². The van der Waals surface area contributed by atoms with E-state index in [0.29, 0.717) is 29.8 Å². The molecule has 1 aliphatic heterocycles. The van der Waals surface area contributed by atoms with Gasteiger partial charge >= 0.3 is 0 Å². The van der Waals surface area contributed by atoms with Crippen LogP contribution in [0.5, 0.6) is 0 Å². The maximum absolute atomic E-state index is 13.9. The van der Waals surface area contributed by atoms with Gasteiger partial charge in [0.1, 0.15) is 23.4 Å². The van der Waals surface area contributed by atoms with E-state index < -0.39 is 18.1 Å². The van der Waals surface area contributed by atoms with Crippen molar-refractivity contribution >= 4 is 27.5 Å². The van der Waals surface area contributed by atoms with Crippen molar-refractivity contribution in [2.45, 2.75) is 25.7 Å². The molecule has 6 nitrogen and oxygen atoms in total. The number of nitrogen functional groups attached to an aromatic ring is 1. The number of carbonyl (C=O) groups is 1.